The van der Waals surface area contributed by atoms with Crippen molar-refractivity contribution in [3.05, 3.63) is 29.8 Å². The summed E-state index contributed by atoms with van der Waals surface area (Å²) >= 11 is 0. The van der Waals surface area contributed by atoms with Gasteiger partial charge in [-0.25, -0.2) is 4.79 Å². The minimum absolute atomic E-state index is 0.0138. The Bertz CT molecular complexity index is 440. The lowest BCUT2D eigenvalue weighted by Gasteiger charge is -2.15. The number of nitrogens with one attached hydrogen (secondary N) is 3. The molecule has 4 nitrogen and oxygen atoms in total. The van der Waals surface area contributed by atoms with E-state index in [1.807, 2.05) is 31.3 Å². The van der Waals surface area contributed by atoms with Gasteiger partial charge in [0, 0.05) is 17.3 Å². The number of urea groups is 1. The lowest BCUT2D eigenvalue weighted by atomic mass is 10.1. The number of rotatable bonds is 4. The van der Waals surface area contributed by atoms with Gasteiger partial charge in [-0.1, -0.05) is 12.1 Å². The average Bonchev–Trinajstić information content (AvgIpc) is 3.05. The first-order valence-electron chi connectivity index (χ1n) is 6.39. The maximum Gasteiger partial charge on any atom is 0.319 e. The number of carbonyl (C=O) groups is 1. The van der Waals surface area contributed by atoms with Crippen molar-refractivity contribution in [2.24, 2.45) is 0 Å². The zero-order valence-electron chi connectivity index (χ0n) is 11.2. The van der Waals surface area contributed by atoms with Gasteiger partial charge in [0.05, 0.1) is 0 Å². The third kappa shape index (κ3) is 3.23. The summed E-state index contributed by atoms with van der Waals surface area (Å²) in [5, 5.41) is 9.04. The van der Waals surface area contributed by atoms with E-state index < -0.39 is 0 Å². The summed E-state index contributed by atoms with van der Waals surface area (Å²) in [6.45, 7) is 4.15. The topological polar surface area (TPSA) is 53.2 Å². The van der Waals surface area contributed by atoms with Crippen LogP contribution < -0.4 is 16.0 Å². The standard InChI is InChI=1S/C14H21N3O/c1-10(15-3)11-5-4-6-12(9-11)16-13(18)17-14(2)7-8-14/h4-6,9-10,15H,7-8H2,1-3H3,(H2,16,17,18). The molecule has 1 aliphatic carbocycles. The first-order valence-corrected chi connectivity index (χ1v) is 6.39. The van der Waals surface area contributed by atoms with E-state index in [9.17, 15) is 4.79 Å². The highest BCUT2D eigenvalue weighted by atomic mass is 16.2. The maximum absolute atomic E-state index is 11.8. The molecule has 0 saturated heterocycles. The molecule has 0 bridgehead atoms. The van der Waals surface area contributed by atoms with E-state index in [-0.39, 0.29) is 17.6 Å². The van der Waals surface area contributed by atoms with Crippen LogP contribution in [0, 0.1) is 0 Å². The monoisotopic (exact) mass is 247 g/mol. The fraction of sp³-hybridized carbons (Fsp3) is 0.500. The minimum Gasteiger partial charge on any atom is -0.333 e. The molecule has 2 rings (SSSR count). The molecule has 1 atom stereocenters. The number of carbonyl (C=O) groups excluding carboxylic acids is 1. The van der Waals surface area contributed by atoms with Crippen molar-refractivity contribution in [2.75, 3.05) is 12.4 Å². The predicted octanol–water partition coefficient (Wildman–Crippen LogP) is 2.64. The summed E-state index contributed by atoms with van der Waals surface area (Å²) in [7, 11) is 1.92. The van der Waals surface area contributed by atoms with E-state index in [2.05, 4.69) is 29.8 Å². The van der Waals surface area contributed by atoms with Gasteiger partial charge in [-0.15, -0.1) is 0 Å². The molecule has 0 aromatic heterocycles. The molecule has 1 unspecified atom stereocenters. The SMILES string of the molecule is CNC(C)c1cccc(NC(=O)NC2(C)CC2)c1. The Morgan fingerprint density at radius 3 is 2.72 bits per heavy atom. The molecule has 1 fully saturated rings. The van der Waals surface area contributed by atoms with Crippen LogP contribution in [-0.2, 0) is 0 Å². The summed E-state index contributed by atoms with van der Waals surface area (Å²) in [6.07, 6.45) is 2.13. The Hall–Kier alpha value is -1.55. The Morgan fingerprint density at radius 1 is 1.39 bits per heavy atom. The van der Waals surface area contributed by atoms with Crippen molar-refractivity contribution in [1.29, 1.82) is 0 Å². The molecule has 0 aliphatic heterocycles. The van der Waals surface area contributed by atoms with E-state index in [1.54, 1.807) is 0 Å². The summed E-state index contributed by atoms with van der Waals surface area (Å²) in [5.41, 5.74) is 2.00. The number of benzene rings is 1. The van der Waals surface area contributed by atoms with Gasteiger partial charge in [0.15, 0.2) is 0 Å². The lowest BCUT2D eigenvalue weighted by Crippen LogP contribution is -2.37. The van der Waals surface area contributed by atoms with Crippen LogP contribution in [0.2, 0.25) is 0 Å². The van der Waals surface area contributed by atoms with Gasteiger partial charge in [0.2, 0.25) is 0 Å². The van der Waals surface area contributed by atoms with Crippen LogP contribution in [0.5, 0.6) is 0 Å². The largest absolute Gasteiger partial charge is 0.333 e. The van der Waals surface area contributed by atoms with E-state index in [4.69, 9.17) is 0 Å². The van der Waals surface area contributed by atoms with Gasteiger partial charge in [0.25, 0.3) is 0 Å². The number of hydrogen-bond donors (Lipinski definition) is 3. The molecule has 1 aliphatic rings. The number of hydrogen-bond acceptors (Lipinski definition) is 2. The molecule has 3 N–H and O–H groups in total. The summed E-state index contributed by atoms with van der Waals surface area (Å²) in [4.78, 5) is 11.8. The molecule has 1 aromatic carbocycles. The first-order chi connectivity index (χ1) is 8.52. The smallest absolute Gasteiger partial charge is 0.319 e. The van der Waals surface area contributed by atoms with Crippen molar-refractivity contribution < 1.29 is 4.79 Å². The minimum atomic E-state index is -0.121. The summed E-state index contributed by atoms with van der Waals surface area (Å²) < 4.78 is 0. The highest BCUT2D eigenvalue weighted by molar-refractivity contribution is 5.90. The molecule has 98 valence electrons. The fourth-order valence-corrected chi connectivity index (χ4v) is 1.80. The summed E-state index contributed by atoms with van der Waals surface area (Å²) in [6, 6.07) is 8.06. The van der Waals surface area contributed by atoms with Gasteiger partial charge in [0.1, 0.15) is 0 Å². The van der Waals surface area contributed by atoms with Crippen molar-refractivity contribution in [3.63, 3.8) is 0 Å². The second-order valence-corrected chi connectivity index (χ2v) is 5.28. The molecule has 0 radical (unpaired) electrons. The van der Waals surface area contributed by atoms with Gasteiger partial charge in [-0.05, 0) is 51.4 Å². The van der Waals surface area contributed by atoms with E-state index in [0.717, 1.165) is 24.1 Å². The Morgan fingerprint density at radius 2 is 2.11 bits per heavy atom. The predicted molar refractivity (Wildman–Crippen MR) is 73.7 cm³/mol. The molecule has 1 aromatic rings. The highest BCUT2D eigenvalue weighted by Gasteiger charge is 2.38. The molecular weight excluding hydrogens is 226 g/mol. The molecule has 1 saturated carbocycles. The van der Waals surface area contributed by atoms with Crippen molar-refractivity contribution >= 4 is 11.7 Å². The zero-order valence-corrected chi connectivity index (χ0v) is 11.2. The van der Waals surface area contributed by atoms with Crippen LogP contribution in [0.15, 0.2) is 24.3 Å². The maximum atomic E-state index is 11.8. The van der Waals surface area contributed by atoms with Gasteiger partial charge in [-0.3, -0.25) is 0 Å². The fourth-order valence-electron chi connectivity index (χ4n) is 1.80. The quantitative estimate of drug-likeness (QED) is 0.766. The average molecular weight is 247 g/mol. The second kappa shape index (κ2) is 4.98. The van der Waals surface area contributed by atoms with Crippen molar-refractivity contribution in [1.82, 2.24) is 10.6 Å². The Kier molecular flexibility index (Phi) is 3.57. The third-order valence-corrected chi connectivity index (χ3v) is 3.49. The van der Waals surface area contributed by atoms with Crippen LogP contribution in [0.4, 0.5) is 10.5 Å². The van der Waals surface area contributed by atoms with Crippen LogP contribution in [0.3, 0.4) is 0 Å². The number of anilines is 1. The first kappa shape index (κ1) is 12.9. The third-order valence-electron chi connectivity index (χ3n) is 3.49. The Labute approximate surface area is 108 Å². The molecule has 2 amide bonds. The normalized spacial score (nSPS) is 17.9. The van der Waals surface area contributed by atoms with Crippen molar-refractivity contribution in [3.8, 4) is 0 Å². The Balaban J connectivity index is 1.98. The zero-order chi connectivity index (χ0) is 13.2. The lowest BCUT2D eigenvalue weighted by molar-refractivity contribution is 0.248. The molecule has 18 heavy (non-hydrogen) atoms. The van der Waals surface area contributed by atoms with E-state index in [1.165, 1.54) is 0 Å². The van der Waals surface area contributed by atoms with Crippen molar-refractivity contribution in [2.45, 2.75) is 38.3 Å². The number of amides is 2. The van der Waals surface area contributed by atoms with Gasteiger partial charge < -0.3 is 16.0 Å². The molecular formula is C14H21N3O. The molecule has 0 spiro atoms. The molecule has 0 heterocycles. The van der Waals surface area contributed by atoms with E-state index in [0.29, 0.717) is 0 Å². The van der Waals surface area contributed by atoms with Crippen LogP contribution in [0.1, 0.15) is 38.3 Å². The van der Waals surface area contributed by atoms with E-state index >= 15 is 0 Å². The highest BCUT2D eigenvalue weighted by Crippen LogP contribution is 2.34. The van der Waals surface area contributed by atoms with Gasteiger partial charge in [-0.2, -0.15) is 0 Å². The van der Waals surface area contributed by atoms with Crippen LogP contribution in [0.25, 0.3) is 0 Å². The summed E-state index contributed by atoms with van der Waals surface area (Å²) in [5.74, 6) is 0. The molecule has 4 heteroatoms. The second-order valence-electron chi connectivity index (χ2n) is 5.28. The van der Waals surface area contributed by atoms with Gasteiger partial charge >= 0.3 is 6.03 Å². The van der Waals surface area contributed by atoms with Crippen LogP contribution >= 0.6 is 0 Å². The van der Waals surface area contributed by atoms with Crippen LogP contribution in [-0.4, -0.2) is 18.6 Å².